The molecule has 0 unspecified atom stereocenters. The zero-order valence-electron chi connectivity index (χ0n) is 12.1. The second-order valence-corrected chi connectivity index (χ2v) is 4.98. The highest BCUT2D eigenvalue weighted by Crippen LogP contribution is 2.38. The normalized spacial score (nSPS) is 12.1. The van der Waals surface area contributed by atoms with E-state index < -0.39 is 0 Å². The van der Waals surface area contributed by atoms with Crippen LogP contribution in [0.2, 0.25) is 0 Å². The minimum Gasteiger partial charge on any atom is -0.454 e. The van der Waals surface area contributed by atoms with Gasteiger partial charge in [0.1, 0.15) is 0 Å². The van der Waals surface area contributed by atoms with Gasteiger partial charge in [-0.15, -0.1) is 0 Å². The zero-order chi connectivity index (χ0) is 15.4. The molecule has 1 heterocycles. The minimum atomic E-state index is -0.188. The first kappa shape index (κ1) is 15.0. The van der Waals surface area contributed by atoms with Crippen molar-refractivity contribution in [2.75, 3.05) is 31.9 Å². The number of rotatable bonds is 5. The van der Waals surface area contributed by atoms with Gasteiger partial charge in [0.05, 0.1) is 11.4 Å². The summed E-state index contributed by atoms with van der Waals surface area (Å²) in [5.41, 5.74) is 6.75. The number of nitrogens with one attached hydrogen (secondary N) is 1. The molecule has 0 bridgehead atoms. The van der Waals surface area contributed by atoms with E-state index in [0.29, 0.717) is 35.7 Å². The van der Waals surface area contributed by atoms with Crippen molar-refractivity contribution in [2.24, 2.45) is 0 Å². The van der Waals surface area contributed by atoms with Crippen LogP contribution >= 0.6 is 0 Å². The summed E-state index contributed by atoms with van der Waals surface area (Å²) in [4.78, 5) is 24.8. The third kappa shape index (κ3) is 3.77. The highest BCUT2D eigenvalue weighted by Gasteiger charge is 2.17. The number of amides is 2. The summed E-state index contributed by atoms with van der Waals surface area (Å²) in [6.45, 7) is 0.152. The standard InChI is InChI=1S/C14H19N3O4/c1-17(2)14(19)5-3-4-13(18)16-10-7-12-11(6-9(10)15)20-8-21-12/h6-7H,3-5,8,15H2,1-2H3,(H,16,18). The molecule has 21 heavy (non-hydrogen) atoms. The summed E-state index contributed by atoms with van der Waals surface area (Å²) in [5, 5.41) is 2.72. The van der Waals surface area contributed by atoms with Crippen LogP contribution in [0.1, 0.15) is 19.3 Å². The summed E-state index contributed by atoms with van der Waals surface area (Å²) < 4.78 is 10.4. The third-order valence-corrected chi connectivity index (χ3v) is 3.11. The van der Waals surface area contributed by atoms with E-state index in [4.69, 9.17) is 15.2 Å². The fraction of sp³-hybridized carbons (Fsp3) is 0.429. The first-order valence-corrected chi connectivity index (χ1v) is 6.66. The maximum Gasteiger partial charge on any atom is 0.231 e. The summed E-state index contributed by atoms with van der Waals surface area (Å²) in [6, 6.07) is 3.26. The van der Waals surface area contributed by atoms with Crippen molar-refractivity contribution in [2.45, 2.75) is 19.3 Å². The fourth-order valence-corrected chi connectivity index (χ4v) is 1.90. The Kier molecular flexibility index (Phi) is 4.52. The van der Waals surface area contributed by atoms with Crippen LogP contribution in [0, 0.1) is 0 Å². The van der Waals surface area contributed by atoms with Gasteiger partial charge in [-0.05, 0) is 6.42 Å². The first-order chi connectivity index (χ1) is 9.97. The number of nitrogens with zero attached hydrogens (tertiary/aromatic N) is 1. The molecule has 0 radical (unpaired) electrons. The summed E-state index contributed by atoms with van der Waals surface area (Å²) >= 11 is 0. The van der Waals surface area contributed by atoms with Crippen LogP contribution in [0.5, 0.6) is 11.5 Å². The molecule has 0 aliphatic carbocycles. The molecule has 0 aromatic heterocycles. The predicted octanol–water partition coefficient (Wildman–Crippen LogP) is 1.19. The molecule has 1 aliphatic rings. The maximum absolute atomic E-state index is 11.9. The highest BCUT2D eigenvalue weighted by atomic mass is 16.7. The van der Waals surface area contributed by atoms with Gasteiger partial charge >= 0.3 is 0 Å². The van der Waals surface area contributed by atoms with E-state index in [1.807, 2.05) is 0 Å². The Morgan fingerprint density at radius 3 is 2.57 bits per heavy atom. The van der Waals surface area contributed by atoms with Crippen LogP contribution in [0.4, 0.5) is 11.4 Å². The van der Waals surface area contributed by atoms with Gasteiger partial charge in [0, 0.05) is 39.1 Å². The van der Waals surface area contributed by atoms with Crippen molar-refractivity contribution in [3.8, 4) is 11.5 Å². The summed E-state index contributed by atoms with van der Waals surface area (Å²) in [6.07, 6.45) is 1.10. The lowest BCUT2D eigenvalue weighted by atomic mass is 10.2. The molecule has 2 amide bonds. The Morgan fingerprint density at radius 1 is 1.24 bits per heavy atom. The van der Waals surface area contributed by atoms with E-state index >= 15 is 0 Å². The van der Waals surface area contributed by atoms with Gasteiger partial charge in [0.25, 0.3) is 0 Å². The van der Waals surface area contributed by atoms with Gasteiger partial charge < -0.3 is 25.4 Å². The molecule has 7 nitrogen and oxygen atoms in total. The molecule has 0 saturated carbocycles. The molecule has 0 spiro atoms. The van der Waals surface area contributed by atoms with Crippen LogP contribution in [0.25, 0.3) is 0 Å². The number of anilines is 2. The number of ether oxygens (including phenoxy) is 2. The van der Waals surface area contributed by atoms with E-state index in [2.05, 4.69) is 5.32 Å². The Hall–Kier alpha value is -2.44. The molecule has 2 rings (SSSR count). The number of hydrogen-bond donors (Lipinski definition) is 2. The molecule has 1 aromatic carbocycles. The smallest absolute Gasteiger partial charge is 0.231 e. The van der Waals surface area contributed by atoms with Crippen molar-refractivity contribution in [3.05, 3.63) is 12.1 Å². The predicted molar refractivity (Wildman–Crippen MR) is 78.2 cm³/mol. The maximum atomic E-state index is 11.9. The number of carbonyl (C=O) groups excluding carboxylic acids is 2. The van der Waals surface area contributed by atoms with Crippen LogP contribution in [0.3, 0.4) is 0 Å². The monoisotopic (exact) mass is 293 g/mol. The number of hydrogen-bond acceptors (Lipinski definition) is 5. The van der Waals surface area contributed by atoms with Crippen molar-refractivity contribution < 1.29 is 19.1 Å². The second-order valence-electron chi connectivity index (χ2n) is 4.98. The van der Waals surface area contributed by atoms with Gasteiger partial charge in [0.2, 0.25) is 18.6 Å². The molecule has 114 valence electrons. The molecular formula is C14H19N3O4. The van der Waals surface area contributed by atoms with Crippen LogP contribution in [0.15, 0.2) is 12.1 Å². The number of nitrogens with two attached hydrogens (primary N) is 1. The first-order valence-electron chi connectivity index (χ1n) is 6.66. The molecule has 0 saturated heterocycles. The molecule has 1 aliphatic heterocycles. The zero-order valence-corrected chi connectivity index (χ0v) is 12.1. The van der Waals surface area contributed by atoms with E-state index in [1.54, 1.807) is 26.2 Å². The van der Waals surface area contributed by atoms with Crippen LogP contribution in [-0.2, 0) is 9.59 Å². The highest BCUT2D eigenvalue weighted by molar-refractivity contribution is 5.94. The molecular weight excluding hydrogens is 274 g/mol. The Morgan fingerprint density at radius 2 is 1.90 bits per heavy atom. The quantitative estimate of drug-likeness (QED) is 0.795. The van der Waals surface area contributed by atoms with E-state index in [9.17, 15) is 9.59 Å². The SMILES string of the molecule is CN(C)C(=O)CCCC(=O)Nc1cc2c(cc1N)OCO2. The average molecular weight is 293 g/mol. The van der Waals surface area contributed by atoms with Gasteiger partial charge in [-0.3, -0.25) is 9.59 Å². The molecule has 0 fully saturated rings. The second kappa shape index (κ2) is 6.34. The van der Waals surface area contributed by atoms with Crippen molar-refractivity contribution in [1.82, 2.24) is 4.90 Å². The van der Waals surface area contributed by atoms with Gasteiger partial charge in [-0.25, -0.2) is 0 Å². The van der Waals surface area contributed by atoms with Crippen molar-refractivity contribution in [3.63, 3.8) is 0 Å². The van der Waals surface area contributed by atoms with Crippen molar-refractivity contribution >= 4 is 23.2 Å². The largest absolute Gasteiger partial charge is 0.454 e. The van der Waals surface area contributed by atoms with E-state index in [-0.39, 0.29) is 25.0 Å². The molecule has 7 heteroatoms. The lowest BCUT2D eigenvalue weighted by molar-refractivity contribution is -0.128. The number of benzene rings is 1. The van der Waals surface area contributed by atoms with Crippen LogP contribution < -0.4 is 20.5 Å². The summed E-state index contributed by atoms with van der Waals surface area (Å²) in [7, 11) is 3.38. The van der Waals surface area contributed by atoms with Crippen LogP contribution in [-0.4, -0.2) is 37.6 Å². The number of fused-ring (bicyclic) bond motifs is 1. The lowest BCUT2D eigenvalue weighted by Gasteiger charge is -2.11. The Bertz CT molecular complexity index is 557. The average Bonchev–Trinajstić information content (AvgIpc) is 2.85. The number of nitrogen functional groups attached to an aromatic ring is 1. The summed E-state index contributed by atoms with van der Waals surface area (Å²) in [5.74, 6) is 0.946. The Labute approximate surface area is 123 Å². The minimum absolute atomic E-state index is 0.00499. The van der Waals surface area contributed by atoms with E-state index in [1.165, 1.54) is 4.90 Å². The fourth-order valence-electron chi connectivity index (χ4n) is 1.90. The Balaban J connectivity index is 1.87. The number of carbonyl (C=O) groups is 2. The topological polar surface area (TPSA) is 93.9 Å². The van der Waals surface area contributed by atoms with Crippen molar-refractivity contribution in [1.29, 1.82) is 0 Å². The van der Waals surface area contributed by atoms with E-state index in [0.717, 1.165) is 0 Å². The third-order valence-electron chi connectivity index (χ3n) is 3.11. The van der Waals surface area contributed by atoms with Gasteiger partial charge in [-0.2, -0.15) is 0 Å². The lowest BCUT2D eigenvalue weighted by Crippen LogP contribution is -2.22. The van der Waals surface area contributed by atoms with Gasteiger partial charge in [0.15, 0.2) is 11.5 Å². The van der Waals surface area contributed by atoms with Gasteiger partial charge in [-0.1, -0.05) is 0 Å². The molecule has 3 N–H and O–H groups in total. The molecule has 0 atom stereocenters. The molecule has 1 aromatic rings.